The van der Waals surface area contributed by atoms with Crippen LogP contribution in [-0.2, 0) is 4.74 Å². The smallest absolute Gasteiger partial charge is 0.416 e. The summed E-state index contributed by atoms with van der Waals surface area (Å²) in [5, 5.41) is 9.75. The Hall–Kier alpha value is -4.90. The van der Waals surface area contributed by atoms with Gasteiger partial charge in [0.05, 0.1) is 12.3 Å². The SMILES string of the molecule is CCOC(=O)N1C=CN2c3cc(Oc4ccc(NC(=O)Nc5c(-c6ccccc6)noc5C)cc4)ccc3SC12. The van der Waals surface area contributed by atoms with Crippen LogP contribution in [-0.4, -0.2) is 34.3 Å². The van der Waals surface area contributed by atoms with Crippen LogP contribution in [0.1, 0.15) is 12.7 Å². The number of benzene rings is 3. The van der Waals surface area contributed by atoms with E-state index in [1.54, 1.807) is 61.0 Å². The van der Waals surface area contributed by atoms with Crippen LogP contribution < -0.4 is 20.3 Å². The topological polar surface area (TPSA) is 109 Å². The van der Waals surface area contributed by atoms with Gasteiger partial charge in [0.15, 0.2) is 11.3 Å². The van der Waals surface area contributed by atoms with E-state index in [-0.39, 0.29) is 11.6 Å². The highest BCUT2D eigenvalue weighted by molar-refractivity contribution is 8.00. The lowest BCUT2D eigenvalue weighted by molar-refractivity contribution is 0.122. The van der Waals surface area contributed by atoms with E-state index in [9.17, 15) is 9.59 Å². The number of carbonyl (C=O) groups excluding carboxylic acids is 2. The number of fused-ring (bicyclic) bond motifs is 3. The predicted octanol–water partition coefficient (Wildman–Crippen LogP) is 7.23. The highest BCUT2D eigenvalue weighted by Gasteiger charge is 2.39. The lowest BCUT2D eigenvalue weighted by Crippen LogP contribution is -2.37. The number of nitrogens with one attached hydrogen (secondary N) is 2. The first-order chi connectivity index (χ1) is 19.5. The summed E-state index contributed by atoms with van der Waals surface area (Å²) in [6, 6.07) is 22.0. The molecule has 40 heavy (non-hydrogen) atoms. The number of hydrogen-bond acceptors (Lipinski definition) is 8. The number of thioether (sulfide) groups is 1. The Labute approximate surface area is 234 Å². The molecule has 3 amide bonds. The third-order valence-electron chi connectivity index (χ3n) is 6.28. The van der Waals surface area contributed by atoms with Gasteiger partial charge < -0.3 is 29.5 Å². The van der Waals surface area contributed by atoms with Gasteiger partial charge in [-0.25, -0.2) is 9.59 Å². The molecule has 1 aromatic heterocycles. The van der Waals surface area contributed by atoms with E-state index >= 15 is 0 Å². The summed E-state index contributed by atoms with van der Waals surface area (Å²) in [7, 11) is 0. The zero-order valence-corrected chi connectivity index (χ0v) is 22.5. The molecule has 0 aliphatic carbocycles. The van der Waals surface area contributed by atoms with Gasteiger partial charge in [-0.1, -0.05) is 47.3 Å². The summed E-state index contributed by atoms with van der Waals surface area (Å²) in [6.45, 7) is 3.85. The van der Waals surface area contributed by atoms with Crippen molar-refractivity contribution >= 4 is 40.9 Å². The monoisotopic (exact) mass is 555 g/mol. The van der Waals surface area contributed by atoms with Gasteiger partial charge in [0.25, 0.3) is 0 Å². The fraction of sp³-hybridized carbons (Fsp3) is 0.138. The molecule has 4 aromatic rings. The van der Waals surface area contributed by atoms with Crippen LogP contribution in [0.2, 0.25) is 0 Å². The molecule has 6 rings (SSSR count). The zero-order valence-electron chi connectivity index (χ0n) is 21.7. The Morgan fingerprint density at radius 3 is 2.55 bits per heavy atom. The number of hydrogen-bond donors (Lipinski definition) is 2. The Bertz CT molecular complexity index is 1590. The highest BCUT2D eigenvalue weighted by atomic mass is 32.2. The molecule has 2 N–H and O–H groups in total. The number of amides is 3. The number of nitrogens with zero attached hydrogens (tertiary/aromatic N) is 3. The van der Waals surface area contributed by atoms with Crippen molar-refractivity contribution in [2.24, 2.45) is 0 Å². The van der Waals surface area contributed by atoms with Gasteiger partial charge in [-0.15, -0.1) is 0 Å². The maximum absolute atomic E-state index is 12.7. The second-order valence-corrected chi connectivity index (χ2v) is 10.0. The molecule has 1 unspecified atom stereocenters. The van der Waals surface area contributed by atoms with Crippen LogP contribution in [0.15, 0.2) is 94.6 Å². The molecule has 2 aliphatic heterocycles. The number of aromatic nitrogens is 1. The van der Waals surface area contributed by atoms with Crippen molar-refractivity contribution in [3.8, 4) is 22.8 Å². The van der Waals surface area contributed by atoms with Crippen molar-refractivity contribution in [1.29, 1.82) is 0 Å². The molecule has 0 spiro atoms. The molecule has 11 heteroatoms. The Kier molecular flexibility index (Phi) is 6.79. The van der Waals surface area contributed by atoms with Crippen molar-refractivity contribution in [3.05, 3.63) is 91.0 Å². The second kappa shape index (κ2) is 10.7. The lowest BCUT2D eigenvalue weighted by Gasteiger charge is -2.23. The summed E-state index contributed by atoms with van der Waals surface area (Å²) in [4.78, 5) is 29.6. The first-order valence-electron chi connectivity index (χ1n) is 12.6. The Morgan fingerprint density at radius 1 is 1.00 bits per heavy atom. The first kappa shape index (κ1) is 25.4. The molecule has 10 nitrogen and oxygen atoms in total. The maximum Gasteiger partial charge on any atom is 0.416 e. The van der Waals surface area contributed by atoms with E-state index in [4.69, 9.17) is 14.0 Å². The van der Waals surface area contributed by atoms with Crippen LogP contribution >= 0.6 is 11.8 Å². The van der Waals surface area contributed by atoms with Gasteiger partial charge in [0.2, 0.25) is 0 Å². The molecule has 1 atom stereocenters. The van der Waals surface area contributed by atoms with Crippen LogP contribution in [0, 0.1) is 6.92 Å². The zero-order chi connectivity index (χ0) is 27.6. The molecular weight excluding hydrogens is 530 g/mol. The molecule has 202 valence electrons. The minimum atomic E-state index is -0.418. The molecule has 0 fully saturated rings. The Balaban J connectivity index is 1.09. The van der Waals surface area contributed by atoms with Crippen LogP contribution in [0.25, 0.3) is 11.3 Å². The number of rotatable bonds is 6. The molecule has 3 aromatic carbocycles. The number of anilines is 3. The van der Waals surface area contributed by atoms with Crippen molar-refractivity contribution in [3.63, 3.8) is 0 Å². The van der Waals surface area contributed by atoms with Gasteiger partial charge in [-0.3, -0.25) is 4.90 Å². The summed E-state index contributed by atoms with van der Waals surface area (Å²) in [5.74, 6) is 1.77. The van der Waals surface area contributed by atoms with E-state index < -0.39 is 6.03 Å². The third-order valence-corrected chi connectivity index (χ3v) is 7.54. The standard InChI is InChI=1S/C29H25N5O5S/c1-3-37-29(36)34-16-15-33-23-17-22(13-14-24(23)40-28(33)34)38-21-11-9-20(10-12-21)30-27(35)31-25-18(2)39-32-26(25)19-7-5-4-6-8-19/h4-17,28H,3H2,1-2H3,(H2,30,31,35). The van der Waals surface area contributed by atoms with Crippen LogP contribution in [0.5, 0.6) is 11.5 Å². The van der Waals surface area contributed by atoms with Crippen molar-refractivity contribution in [2.45, 2.75) is 24.2 Å². The van der Waals surface area contributed by atoms with Crippen molar-refractivity contribution in [2.75, 3.05) is 22.1 Å². The van der Waals surface area contributed by atoms with Gasteiger partial charge >= 0.3 is 12.1 Å². The molecule has 0 saturated carbocycles. The largest absolute Gasteiger partial charge is 0.457 e. The minimum absolute atomic E-state index is 0.216. The van der Waals surface area contributed by atoms with Crippen molar-refractivity contribution < 1.29 is 23.6 Å². The summed E-state index contributed by atoms with van der Waals surface area (Å²) < 4.78 is 16.5. The van der Waals surface area contributed by atoms with Gasteiger partial charge in [0.1, 0.15) is 22.9 Å². The third kappa shape index (κ3) is 4.94. The fourth-order valence-corrected chi connectivity index (χ4v) is 5.62. The van der Waals surface area contributed by atoms with E-state index in [2.05, 4.69) is 15.8 Å². The second-order valence-electron chi connectivity index (χ2n) is 8.92. The maximum atomic E-state index is 12.7. The van der Waals surface area contributed by atoms with Crippen LogP contribution in [0.4, 0.5) is 26.7 Å². The summed E-state index contributed by atoms with van der Waals surface area (Å²) in [6.07, 6.45) is 3.21. The molecule has 0 bridgehead atoms. The van der Waals surface area contributed by atoms with Crippen LogP contribution in [0.3, 0.4) is 0 Å². The van der Waals surface area contributed by atoms with Gasteiger partial charge in [-0.05, 0) is 50.2 Å². The van der Waals surface area contributed by atoms with Gasteiger partial charge in [-0.2, -0.15) is 0 Å². The fourth-order valence-electron chi connectivity index (χ4n) is 4.39. The molecule has 3 heterocycles. The van der Waals surface area contributed by atoms with E-state index in [1.165, 1.54) is 0 Å². The normalized spacial score (nSPS) is 15.0. The lowest BCUT2D eigenvalue weighted by atomic mass is 10.1. The van der Waals surface area contributed by atoms with E-state index in [1.807, 2.05) is 59.6 Å². The molecular formula is C29H25N5O5S. The number of ether oxygens (including phenoxy) is 2. The predicted molar refractivity (Wildman–Crippen MR) is 152 cm³/mol. The molecule has 0 saturated heterocycles. The first-order valence-corrected chi connectivity index (χ1v) is 13.5. The van der Waals surface area contributed by atoms with E-state index in [0.29, 0.717) is 40.9 Å². The van der Waals surface area contributed by atoms with E-state index in [0.717, 1.165) is 16.1 Å². The molecule has 0 radical (unpaired) electrons. The van der Waals surface area contributed by atoms with Gasteiger partial charge in [0, 0.05) is 34.6 Å². The number of urea groups is 1. The average molecular weight is 556 g/mol. The molecule has 2 aliphatic rings. The summed E-state index contributed by atoms with van der Waals surface area (Å²) >= 11 is 1.57. The highest BCUT2D eigenvalue weighted by Crippen LogP contribution is 2.49. The Morgan fingerprint density at radius 2 is 1.77 bits per heavy atom. The number of carbonyl (C=O) groups is 2. The average Bonchev–Trinajstić information content (AvgIpc) is 3.64. The number of aryl methyl sites for hydroxylation is 1. The van der Waals surface area contributed by atoms with Crippen molar-refractivity contribution in [1.82, 2.24) is 10.1 Å². The summed E-state index contributed by atoms with van der Waals surface area (Å²) in [5.41, 5.74) is 3.24. The quantitative estimate of drug-likeness (QED) is 0.257. The minimum Gasteiger partial charge on any atom is -0.457 e.